The second kappa shape index (κ2) is 9.00. The van der Waals surface area contributed by atoms with E-state index in [0.717, 1.165) is 5.56 Å². The molecule has 3 N–H and O–H groups in total. The summed E-state index contributed by atoms with van der Waals surface area (Å²) < 4.78 is 29.2. The van der Waals surface area contributed by atoms with Crippen LogP contribution in [0.15, 0.2) is 42.6 Å². The van der Waals surface area contributed by atoms with Gasteiger partial charge in [-0.05, 0) is 11.5 Å². The van der Waals surface area contributed by atoms with Crippen LogP contribution < -0.4 is 15.9 Å². The lowest BCUT2D eigenvalue weighted by Gasteiger charge is -2.31. The first kappa shape index (κ1) is 23.6. The van der Waals surface area contributed by atoms with E-state index in [-0.39, 0.29) is 23.0 Å². The van der Waals surface area contributed by atoms with Crippen molar-refractivity contribution < 1.29 is 18.7 Å². The standard InChI is InChI=1S/C26H28F2N4O2/c1-14-18(27)10-16-17(13-29-24(16)23(14)28)25-30-19(15-8-6-5-7-9-15)11-21(32-25)31-20(12-22(33)34)26(2,3)4/h5-11,13-14,18,20,29H,12H2,1-4H3,(H,33,34)(H,30,31,32)/t14?,18?,20-/m0/s1. The molecule has 178 valence electrons. The van der Waals surface area contributed by atoms with Crippen LogP contribution in [0.4, 0.5) is 14.6 Å². The zero-order valence-electron chi connectivity index (χ0n) is 19.6. The van der Waals surface area contributed by atoms with Crippen LogP contribution in [0.2, 0.25) is 0 Å². The number of rotatable bonds is 6. The number of fused-ring (bicyclic) bond motifs is 1. The highest BCUT2D eigenvalue weighted by atomic mass is 19.1. The first-order valence-corrected chi connectivity index (χ1v) is 11.2. The van der Waals surface area contributed by atoms with Crippen molar-refractivity contribution in [2.45, 2.75) is 46.3 Å². The van der Waals surface area contributed by atoms with Crippen LogP contribution in [0.3, 0.4) is 0 Å². The Morgan fingerprint density at radius 1 is 1.24 bits per heavy atom. The summed E-state index contributed by atoms with van der Waals surface area (Å²) in [6.45, 7) is 7.36. The molecule has 3 aromatic rings. The lowest BCUT2D eigenvalue weighted by atomic mass is 9.84. The average Bonchev–Trinajstić information content (AvgIpc) is 3.20. The molecule has 4 rings (SSSR count). The summed E-state index contributed by atoms with van der Waals surface area (Å²) in [5.74, 6) is -1.60. The fraction of sp³-hybridized carbons (Fsp3) is 0.346. The molecule has 2 unspecified atom stereocenters. The molecular formula is C26H28F2N4O2. The van der Waals surface area contributed by atoms with Crippen molar-refractivity contribution in [1.29, 1.82) is 0 Å². The smallest absolute Gasteiger partial charge is 0.305 e. The molecule has 1 aliphatic rings. The molecule has 2 aromatic heterocycles. The summed E-state index contributed by atoms with van der Waals surface area (Å²) in [6, 6.07) is 10.8. The van der Waals surface area contributed by atoms with Gasteiger partial charge < -0.3 is 15.4 Å². The second-order valence-corrected chi connectivity index (χ2v) is 9.73. The molecule has 2 heterocycles. The number of hydrogen-bond donors (Lipinski definition) is 3. The Morgan fingerprint density at radius 3 is 2.59 bits per heavy atom. The summed E-state index contributed by atoms with van der Waals surface area (Å²) in [5.41, 5.74) is 1.55. The van der Waals surface area contributed by atoms with E-state index in [9.17, 15) is 18.7 Å². The number of carbonyl (C=O) groups is 1. The van der Waals surface area contributed by atoms with Gasteiger partial charge in [0.15, 0.2) is 5.82 Å². The Labute approximate surface area is 196 Å². The number of aromatic nitrogens is 3. The number of hydrogen-bond acceptors (Lipinski definition) is 4. The SMILES string of the molecule is CC1C(F)=c2[nH]cc(-c3nc(N[C@@H](CC(=O)O)C(C)(C)C)cc(-c4ccccc4)n3)c2=CC1F. The number of aliphatic carboxylic acids is 1. The molecule has 0 saturated carbocycles. The number of nitrogens with one attached hydrogen (secondary N) is 2. The molecule has 0 saturated heterocycles. The molecule has 0 aliphatic heterocycles. The van der Waals surface area contributed by atoms with Gasteiger partial charge in [0, 0.05) is 40.6 Å². The first-order chi connectivity index (χ1) is 16.0. The number of anilines is 1. The summed E-state index contributed by atoms with van der Waals surface area (Å²) in [4.78, 5) is 23.7. The van der Waals surface area contributed by atoms with Gasteiger partial charge in [0.05, 0.1) is 17.5 Å². The van der Waals surface area contributed by atoms with Crippen molar-refractivity contribution in [2.24, 2.45) is 11.3 Å². The third kappa shape index (κ3) is 4.71. The Kier molecular flexibility index (Phi) is 6.25. The van der Waals surface area contributed by atoms with Gasteiger partial charge >= 0.3 is 5.97 Å². The normalized spacial score (nSPS) is 18.7. The maximum absolute atomic E-state index is 14.7. The zero-order chi connectivity index (χ0) is 24.6. The number of carboxylic acid groups (broad SMARTS) is 1. The third-order valence-corrected chi connectivity index (χ3v) is 6.15. The number of alkyl halides is 1. The molecule has 0 spiro atoms. The second-order valence-electron chi connectivity index (χ2n) is 9.73. The molecule has 1 aliphatic carbocycles. The first-order valence-electron chi connectivity index (χ1n) is 11.2. The van der Waals surface area contributed by atoms with E-state index in [4.69, 9.17) is 4.98 Å². The van der Waals surface area contributed by atoms with Crippen LogP contribution in [0.5, 0.6) is 0 Å². The lowest BCUT2D eigenvalue weighted by Crippen LogP contribution is -2.36. The fourth-order valence-corrected chi connectivity index (χ4v) is 3.99. The zero-order valence-corrected chi connectivity index (χ0v) is 19.6. The molecular weight excluding hydrogens is 438 g/mol. The quantitative estimate of drug-likeness (QED) is 0.504. The monoisotopic (exact) mass is 466 g/mol. The Morgan fingerprint density at radius 2 is 1.94 bits per heavy atom. The third-order valence-electron chi connectivity index (χ3n) is 6.15. The number of nitrogens with zero attached hydrogens (tertiary/aromatic N) is 2. The van der Waals surface area contributed by atoms with E-state index in [2.05, 4.69) is 15.3 Å². The molecule has 34 heavy (non-hydrogen) atoms. The fourth-order valence-electron chi connectivity index (χ4n) is 3.99. The van der Waals surface area contributed by atoms with Crippen LogP contribution in [-0.2, 0) is 4.79 Å². The van der Waals surface area contributed by atoms with Gasteiger partial charge in [0.25, 0.3) is 0 Å². The molecule has 6 nitrogen and oxygen atoms in total. The number of halogens is 2. The van der Waals surface area contributed by atoms with Crippen molar-refractivity contribution in [3.63, 3.8) is 0 Å². The van der Waals surface area contributed by atoms with E-state index in [1.807, 2.05) is 51.1 Å². The highest BCUT2D eigenvalue weighted by Crippen LogP contribution is 2.29. The predicted octanol–water partition coefficient (Wildman–Crippen LogP) is 4.29. The lowest BCUT2D eigenvalue weighted by molar-refractivity contribution is -0.137. The largest absolute Gasteiger partial charge is 0.481 e. The van der Waals surface area contributed by atoms with Gasteiger partial charge in [0.1, 0.15) is 17.8 Å². The van der Waals surface area contributed by atoms with Crippen LogP contribution >= 0.6 is 0 Å². The Balaban J connectivity index is 1.88. The molecule has 3 atom stereocenters. The van der Waals surface area contributed by atoms with E-state index in [1.165, 1.54) is 13.0 Å². The van der Waals surface area contributed by atoms with Gasteiger partial charge in [-0.15, -0.1) is 0 Å². The van der Waals surface area contributed by atoms with Crippen molar-refractivity contribution in [3.05, 3.63) is 53.2 Å². The highest BCUT2D eigenvalue weighted by Gasteiger charge is 2.29. The van der Waals surface area contributed by atoms with E-state index < -0.39 is 29.9 Å². The molecule has 0 radical (unpaired) electrons. The van der Waals surface area contributed by atoms with Gasteiger partial charge in [-0.3, -0.25) is 4.79 Å². The Bertz CT molecular complexity index is 1330. The maximum Gasteiger partial charge on any atom is 0.305 e. The van der Waals surface area contributed by atoms with Crippen molar-refractivity contribution >= 4 is 23.7 Å². The average molecular weight is 467 g/mol. The van der Waals surface area contributed by atoms with Crippen molar-refractivity contribution in [1.82, 2.24) is 15.0 Å². The Hall–Kier alpha value is -3.55. The summed E-state index contributed by atoms with van der Waals surface area (Å²) in [6.07, 6.45) is 1.41. The molecule has 1 aromatic carbocycles. The molecule has 0 fully saturated rings. The molecule has 8 heteroatoms. The van der Waals surface area contributed by atoms with Gasteiger partial charge in [-0.25, -0.2) is 18.7 Å². The van der Waals surface area contributed by atoms with Crippen LogP contribution in [0, 0.1) is 11.3 Å². The summed E-state index contributed by atoms with van der Waals surface area (Å²) in [7, 11) is 0. The molecule has 0 amide bonds. The van der Waals surface area contributed by atoms with E-state index >= 15 is 0 Å². The van der Waals surface area contributed by atoms with Crippen LogP contribution in [-0.4, -0.2) is 38.2 Å². The number of H-pyrrole nitrogens is 1. The molecule has 0 bridgehead atoms. The van der Waals surface area contributed by atoms with E-state index in [0.29, 0.717) is 22.3 Å². The highest BCUT2D eigenvalue weighted by molar-refractivity contribution is 5.71. The topological polar surface area (TPSA) is 90.9 Å². The maximum atomic E-state index is 14.7. The van der Waals surface area contributed by atoms with Gasteiger partial charge in [0.2, 0.25) is 0 Å². The van der Waals surface area contributed by atoms with Crippen molar-refractivity contribution in [3.8, 4) is 22.6 Å². The van der Waals surface area contributed by atoms with Crippen LogP contribution in [0.1, 0.15) is 34.1 Å². The van der Waals surface area contributed by atoms with Gasteiger partial charge in [-0.1, -0.05) is 58.0 Å². The van der Waals surface area contributed by atoms with Crippen LogP contribution in [0.25, 0.3) is 34.5 Å². The number of aromatic amines is 1. The minimum atomic E-state index is -1.46. The van der Waals surface area contributed by atoms with Gasteiger partial charge in [-0.2, -0.15) is 0 Å². The van der Waals surface area contributed by atoms with E-state index in [1.54, 1.807) is 12.3 Å². The summed E-state index contributed by atoms with van der Waals surface area (Å²) in [5, 5.41) is 13.3. The predicted molar refractivity (Wildman–Crippen MR) is 129 cm³/mol. The minimum Gasteiger partial charge on any atom is -0.481 e. The summed E-state index contributed by atoms with van der Waals surface area (Å²) >= 11 is 0. The number of carboxylic acids is 1. The van der Waals surface area contributed by atoms with Crippen molar-refractivity contribution in [2.75, 3.05) is 5.32 Å². The number of benzene rings is 1. The minimum absolute atomic E-state index is 0.0988.